The van der Waals surface area contributed by atoms with Crippen LogP contribution < -0.4 is 10.5 Å². The molecule has 0 aliphatic heterocycles. The first-order chi connectivity index (χ1) is 9.29. The van der Waals surface area contributed by atoms with Gasteiger partial charge in [0.25, 0.3) is 0 Å². The van der Waals surface area contributed by atoms with E-state index in [9.17, 15) is 8.42 Å². The Morgan fingerprint density at radius 2 is 1.90 bits per heavy atom. The van der Waals surface area contributed by atoms with Crippen molar-refractivity contribution < 1.29 is 8.42 Å². The van der Waals surface area contributed by atoms with E-state index in [2.05, 4.69) is 30.6 Å². The third-order valence-electron chi connectivity index (χ3n) is 3.20. The number of thiophene rings is 1. The molecule has 4 nitrogen and oxygen atoms in total. The Hall–Kier alpha value is -1.37. The average molecular weight is 310 g/mol. The Labute approximate surface area is 123 Å². The zero-order chi connectivity index (χ0) is 14.9. The van der Waals surface area contributed by atoms with Crippen LogP contribution in [0.2, 0.25) is 0 Å². The molecule has 0 saturated carbocycles. The molecule has 1 atom stereocenters. The van der Waals surface area contributed by atoms with E-state index in [0.717, 1.165) is 11.3 Å². The van der Waals surface area contributed by atoms with E-state index in [1.54, 1.807) is 23.5 Å². The van der Waals surface area contributed by atoms with Crippen LogP contribution in [-0.4, -0.2) is 8.42 Å². The molecule has 0 aliphatic rings. The second kappa shape index (κ2) is 5.55. The van der Waals surface area contributed by atoms with Gasteiger partial charge in [-0.3, -0.25) is 0 Å². The maximum atomic E-state index is 11.4. The van der Waals surface area contributed by atoms with Gasteiger partial charge in [-0.1, -0.05) is 6.07 Å². The summed E-state index contributed by atoms with van der Waals surface area (Å²) >= 11 is 1.69. The number of nitrogens with one attached hydrogen (secondary N) is 1. The Kier molecular flexibility index (Phi) is 4.17. The number of nitrogens with two attached hydrogens (primary N) is 1. The molecule has 6 heteroatoms. The molecule has 2 rings (SSSR count). The molecule has 1 aromatic carbocycles. The minimum absolute atomic E-state index is 0.115. The predicted molar refractivity (Wildman–Crippen MR) is 83.6 cm³/mol. The van der Waals surface area contributed by atoms with E-state index < -0.39 is 10.0 Å². The highest BCUT2D eigenvalue weighted by molar-refractivity contribution is 7.89. The molecule has 3 N–H and O–H groups in total. The van der Waals surface area contributed by atoms with E-state index in [1.165, 1.54) is 16.5 Å². The molecule has 0 spiro atoms. The van der Waals surface area contributed by atoms with Crippen LogP contribution in [0.5, 0.6) is 0 Å². The van der Waals surface area contributed by atoms with Crippen LogP contribution in [-0.2, 0) is 10.0 Å². The summed E-state index contributed by atoms with van der Waals surface area (Å²) in [5.41, 5.74) is 3.01. The molecule has 20 heavy (non-hydrogen) atoms. The smallest absolute Gasteiger partial charge is 0.238 e. The molecule has 0 radical (unpaired) electrons. The Morgan fingerprint density at radius 1 is 1.20 bits per heavy atom. The molecule has 0 amide bonds. The van der Waals surface area contributed by atoms with Crippen LogP contribution >= 0.6 is 11.3 Å². The fourth-order valence-corrected chi connectivity index (χ4v) is 3.54. The van der Waals surface area contributed by atoms with Crippen molar-refractivity contribution in [1.82, 2.24) is 0 Å². The second-order valence-corrected chi connectivity index (χ2v) is 7.36. The molecule has 1 heterocycles. The summed E-state index contributed by atoms with van der Waals surface area (Å²) in [6.45, 7) is 6.06. The molecule has 108 valence electrons. The van der Waals surface area contributed by atoms with Crippen LogP contribution in [0.25, 0.3) is 0 Å². The SMILES string of the molecule is Cc1ccc(S(N)(=O)=O)cc1NC(C)c1sccc1C. The molecular formula is C14H18N2O2S2. The topological polar surface area (TPSA) is 72.2 Å². The summed E-state index contributed by atoms with van der Waals surface area (Å²) in [4.78, 5) is 1.37. The lowest BCUT2D eigenvalue weighted by molar-refractivity contribution is 0.598. The number of benzene rings is 1. The van der Waals surface area contributed by atoms with Crippen LogP contribution in [0.4, 0.5) is 5.69 Å². The monoisotopic (exact) mass is 310 g/mol. The standard InChI is InChI=1S/C14H18N2O2S2/c1-9-4-5-12(20(15,17)18)8-13(9)16-11(3)14-10(2)6-7-19-14/h4-8,11,16H,1-3H3,(H2,15,17,18). The molecule has 0 aliphatic carbocycles. The Balaban J connectivity index is 2.32. The summed E-state index contributed by atoms with van der Waals surface area (Å²) in [5, 5.41) is 10.6. The summed E-state index contributed by atoms with van der Waals surface area (Å²) in [6, 6.07) is 7.06. The van der Waals surface area contributed by atoms with Gasteiger partial charge in [-0.05, 0) is 55.5 Å². The summed E-state index contributed by atoms with van der Waals surface area (Å²) in [5.74, 6) is 0. The van der Waals surface area contributed by atoms with E-state index in [-0.39, 0.29) is 10.9 Å². The van der Waals surface area contributed by atoms with E-state index in [0.29, 0.717) is 0 Å². The second-order valence-electron chi connectivity index (χ2n) is 4.86. The van der Waals surface area contributed by atoms with E-state index in [4.69, 9.17) is 5.14 Å². The quantitative estimate of drug-likeness (QED) is 0.911. The van der Waals surface area contributed by atoms with Crippen LogP contribution in [0.3, 0.4) is 0 Å². The van der Waals surface area contributed by atoms with Gasteiger partial charge < -0.3 is 5.32 Å². The molecule has 1 unspecified atom stereocenters. The van der Waals surface area contributed by atoms with Crippen molar-refractivity contribution >= 4 is 27.0 Å². The molecule has 0 saturated heterocycles. The molecule has 1 aromatic heterocycles. The number of aryl methyl sites for hydroxylation is 2. The number of sulfonamides is 1. The van der Waals surface area contributed by atoms with Crippen molar-refractivity contribution in [3.8, 4) is 0 Å². The normalized spacial score (nSPS) is 13.2. The summed E-state index contributed by atoms with van der Waals surface area (Å²) in [7, 11) is -3.68. The zero-order valence-electron chi connectivity index (χ0n) is 11.7. The van der Waals surface area contributed by atoms with Gasteiger partial charge >= 0.3 is 0 Å². The van der Waals surface area contributed by atoms with Crippen LogP contribution in [0.1, 0.15) is 29.0 Å². The number of hydrogen-bond donors (Lipinski definition) is 2. The lowest BCUT2D eigenvalue weighted by Crippen LogP contribution is -2.13. The van der Waals surface area contributed by atoms with Crippen molar-refractivity contribution in [2.75, 3.05) is 5.32 Å². The van der Waals surface area contributed by atoms with Crippen LogP contribution in [0.15, 0.2) is 34.5 Å². The lowest BCUT2D eigenvalue weighted by atomic mass is 10.1. The third kappa shape index (κ3) is 3.20. The highest BCUT2D eigenvalue weighted by Gasteiger charge is 2.14. The zero-order valence-corrected chi connectivity index (χ0v) is 13.3. The van der Waals surface area contributed by atoms with Gasteiger partial charge in [0.2, 0.25) is 10.0 Å². The number of rotatable bonds is 4. The third-order valence-corrected chi connectivity index (χ3v) is 5.32. The van der Waals surface area contributed by atoms with Crippen molar-refractivity contribution in [1.29, 1.82) is 0 Å². The van der Waals surface area contributed by atoms with Gasteiger partial charge in [-0.25, -0.2) is 13.6 Å². The predicted octanol–water partition coefficient (Wildman–Crippen LogP) is 3.19. The first kappa shape index (κ1) is 15.0. The Morgan fingerprint density at radius 3 is 2.45 bits per heavy atom. The first-order valence-electron chi connectivity index (χ1n) is 6.23. The van der Waals surface area contributed by atoms with E-state index in [1.807, 2.05) is 6.92 Å². The highest BCUT2D eigenvalue weighted by atomic mass is 32.2. The fraction of sp³-hybridized carbons (Fsp3) is 0.286. The maximum absolute atomic E-state index is 11.4. The van der Waals surface area contributed by atoms with Gasteiger partial charge in [0, 0.05) is 10.6 Å². The van der Waals surface area contributed by atoms with Crippen molar-refractivity contribution in [2.24, 2.45) is 5.14 Å². The molecule has 0 fully saturated rings. The van der Waals surface area contributed by atoms with Crippen LogP contribution in [0, 0.1) is 13.8 Å². The maximum Gasteiger partial charge on any atom is 0.238 e. The van der Waals surface area contributed by atoms with Gasteiger partial charge in [0.15, 0.2) is 0 Å². The van der Waals surface area contributed by atoms with Crippen molar-refractivity contribution in [2.45, 2.75) is 31.7 Å². The fourth-order valence-electron chi connectivity index (χ4n) is 2.06. The van der Waals surface area contributed by atoms with Gasteiger partial charge in [0.05, 0.1) is 10.9 Å². The molecule has 2 aromatic rings. The summed E-state index contributed by atoms with van der Waals surface area (Å²) < 4.78 is 22.8. The number of hydrogen-bond acceptors (Lipinski definition) is 4. The minimum Gasteiger partial charge on any atom is -0.377 e. The Bertz CT molecular complexity index is 721. The van der Waals surface area contributed by atoms with Gasteiger partial charge in [-0.2, -0.15) is 0 Å². The molecule has 0 bridgehead atoms. The van der Waals surface area contributed by atoms with Crippen molar-refractivity contribution in [3.05, 3.63) is 45.6 Å². The number of anilines is 1. The first-order valence-corrected chi connectivity index (χ1v) is 8.65. The number of primary sulfonamides is 1. The summed E-state index contributed by atoms with van der Waals surface area (Å²) in [6.07, 6.45) is 0. The average Bonchev–Trinajstić information content (AvgIpc) is 2.77. The van der Waals surface area contributed by atoms with E-state index >= 15 is 0 Å². The van der Waals surface area contributed by atoms with Crippen molar-refractivity contribution in [3.63, 3.8) is 0 Å². The largest absolute Gasteiger partial charge is 0.377 e. The van der Waals surface area contributed by atoms with Gasteiger partial charge in [-0.15, -0.1) is 11.3 Å². The lowest BCUT2D eigenvalue weighted by Gasteiger charge is -2.17. The highest BCUT2D eigenvalue weighted by Crippen LogP contribution is 2.29. The minimum atomic E-state index is -3.68. The molecular weight excluding hydrogens is 292 g/mol. The van der Waals surface area contributed by atoms with Gasteiger partial charge in [0.1, 0.15) is 0 Å².